The highest BCUT2D eigenvalue weighted by atomic mass is 32.1. The van der Waals surface area contributed by atoms with Crippen LogP contribution in [0, 0.1) is 0 Å². The average Bonchev–Trinajstić information content (AvgIpc) is 4.25. The van der Waals surface area contributed by atoms with Crippen molar-refractivity contribution in [1.82, 2.24) is 60.1 Å². The standard InChI is InChI=1S/C26H29N7OS.C23H28N6O2.C8H11NO2S/c1-26(2,3)25-27-13-22(35-25)24(34)32-20-7-5-6-16-10-17(8-9-19(16)20)21-11-23(29-15-28-21)31-18-12-30-33(4)14-18;1-23(2,3)31-22(30)28-19-7-5-6-15-10-16(8-9-18(15)19)20-11-21(25-14-24-20)27-17-12-26-29(4)13-17;1-8(2,3)7-9-4-5(12-7)6(10)11/h8-15,20H,5-7H2,1-4H3,(H,32,34)(H,28,29,31);8-14,19H,5-7H2,1-4H3,(H,28,30)(H,24,25,27);4H,1-3H3,(H,10,11). The maximum atomic E-state index is 13.0. The number of nitrogens with one attached hydrogen (secondary N) is 4. The average molecular weight is 1090 g/mol. The Labute approximate surface area is 462 Å². The van der Waals surface area contributed by atoms with Crippen molar-refractivity contribution in [3.05, 3.63) is 140 Å². The Kier molecular flexibility index (Phi) is 17.2. The predicted octanol–water partition coefficient (Wildman–Crippen LogP) is 11.8. The number of carbonyl (C=O) groups is 3. The van der Waals surface area contributed by atoms with E-state index in [1.54, 1.807) is 40.6 Å². The molecule has 0 fully saturated rings. The number of carboxylic acid groups (broad SMARTS) is 1. The SMILES string of the molecule is CC(C)(C)c1ncc(C(=O)O)s1.Cn1cc(Nc2cc(-c3ccc4c(c3)CCCC4NC(=O)OC(C)(C)C)ncn2)cn1.Cn1cc(Nc2cc(-c3ccc4c(c3)CCCC4NC(=O)c3cnc(C(C)(C)C)s3)ncn2)cn1. The molecule has 10 rings (SSSR count). The molecular weight excluding hydrogens is 1020 g/mol. The zero-order valence-electron chi connectivity index (χ0n) is 46.0. The Morgan fingerprint density at radius 2 is 1.06 bits per heavy atom. The van der Waals surface area contributed by atoms with E-state index in [9.17, 15) is 14.4 Å². The van der Waals surface area contributed by atoms with E-state index in [0.717, 1.165) is 88.0 Å². The van der Waals surface area contributed by atoms with Gasteiger partial charge in [0.25, 0.3) is 5.91 Å². The number of rotatable bonds is 10. The molecule has 8 aromatic rings. The summed E-state index contributed by atoms with van der Waals surface area (Å²) in [5.41, 5.74) is 9.64. The number of carbonyl (C=O) groups excluding carboxylic acids is 2. The molecule has 2 aromatic carbocycles. The molecule has 408 valence electrons. The van der Waals surface area contributed by atoms with Gasteiger partial charge in [-0.3, -0.25) is 14.2 Å². The molecule has 19 nitrogen and oxygen atoms in total. The smallest absolute Gasteiger partial charge is 0.408 e. The zero-order valence-corrected chi connectivity index (χ0v) is 47.6. The van der Waals surface area contributed by atoms with Crippen molar-refractivity contribution < 1.29 is 24.2 Å². The molecule has 2 atom stereocenters. The highest BCUT2D eigenvalue weighted by Gasteiger charge is 2.28. The van der Waals surface area contributed by atoms with Crippen LogP contribution in [-0.4, -0.2) is 78.1 Å². The number of fused-ring (bicyclic) bond motifs is 2. The first-order valence-electron chi connectivity index (χ1n) is 25.8. The van der Waals surface area contributed by atoms with Crippen molar-refractivity contribution in [3.8, 4) is 22.5 Å². The number of nitrogens with zero attached hydrogens (tertiary/aromatic N) is 10. The van der Waals surface area contributed by atoms with Crippen LogP contribution in [0.2, 0.25) is 0 Å². The molecule has 6 heterocycles. The summed E-state index contributed by atoms with van der Waals surface area (Å²) in [5, 5.41) is 31.6. The van der Waals surface area contributed by atoms with Crippen molar-refractivity contribution >= 4 is 63.7 Å². The van der Waals surface area contributed by atoms with E-state index in [4.69, 9.17) is 9.84 Å². The number of thiazole rings is 2. The molecule has 2 unspecified atom stereocenters. The maximum Gasteiger partial charge on any atom is 0.408 e. The normalized spacial score (nSPS) is 15.0. The Balaban J connectivity index is 0.000000171. The van der Waals surface area contributed by atoms with E-state index in [1.165, 1.54) is 45.6 Å². The topological polar surface area (TPSA) is 242 Å². The molecule has 0 saturated carbocycles. The summed E-state index contributed by atoms with van der Waals surface area (Å²) >= 11 is 2.71. The van der Waals surface area contributed by atoms with E-state index in [-0.39, 0.29) is 34.9 Å². The van der Waals surface area contributed by atoms with Crippen molar-refractivity contribution in [1.29, 1.82) is 0 Å². The first-order valence-corrected chi connectivity index (χ1v) is 27.5. The Morgan fingerprint density at radius 3 is 1.47 bits per heavy atom. The van der Waals surface area contributed by atoms with Gasteiger partial charge < -0.3 is 31.1 Å². The molecule has 21 heteroatoms. The largest absolute Gasteiger partial charge is 0.477 e. The quantitative estimate of drug-likeness (QED) is 0.0855. The fraction of sp³-hybridized carbons (Fsp3) is 0.386. The number of hydrogen-bond acceptors (Lipinski definition) is 16. The summed E-state index contributed by atoms with van der Waals surface area (Å²) < 4.78 is 8.90. The molecular formula is C57H68N14O5S2. The number of aryl methyl sites for hydroxylation is 4. The molecule has 5 N–H and O–H groups in total. The second kappa shape index (κ2) is 23.8. The van der Waals surface area contributed by atoms with Crippen molar-refractivity contribution in [2.75, 3.05) is 10.6 Å². The summed E-state index contributed by atoms with van der Waals surface area (Å²) in [7, 11) is 3.74. The number of anilines is 4. The number of alkyl carbamates (subject to hydrolysis) is 1. The van der Waals surface area contributed by atoms with Crippen LogP contribution < -0.4 is 21.3 Å². The molecule has 0 saturated heterocycles. The number of amides is 2. The van der Waals surface area contributed by atoms with E-state index >= 15 is 0 Å². The van der Waals surface area contributed by atoms with Gasteiger partial charge in [0.1, 0.15) is 39.6 Å². The summed E-state index contributed by atoms with van der Waals surface area (Å²) in [5.74, 6) is 0.468. The minimum Gasteiger partial charge on any atom is -0.477 e. The van der Waals surface area contributed by atoms with E-state index in [2.05, 4.69) is 112 Å². The van der Waals surface area contributed by atoms with E-state index in [1.807, 2.05) is 86.2 Å². The first-order chi connectivity index (χ1) is 36.9. The minimum atomic E-state index is -0.900. The molecule has 0 aliphatic heterocycles. The van der Waals surface area contributed by atoms with Gasteiger partial charge in [-0.05, 0) is 93.7 Å². The molecule has 2 amide bonds. The van der Waals surface area contributed by atoms with Gasteiger partial charge in [0.05, 0.1) is 69.6 Å². The molecule has 0 bridgehead atoms. The number of carboxylic acids is 1. The van der Waals surface area contributed by atoms with Crippen LogP contribution in [0.5, 0.6) is 0 Å². The number of aromatic nitrogens is 10. The summed E-state index contributed by atoms with van der Waals surface area (Å²) in [6.45, 7) is 18.0. The van der Waals surface area contributed by atoms with Crippen LogP contribution in [0.15, 0.2) is 98.4 Å². The lowest BCUT2D eigenvalue weighted by Crippen LogP contribution is -2.36. The number of ether oxygens (including phenoxy) is 1. The van der Waals surface area contributed by atoms with Crippen LogP contribution in [0.3, 0.4) is 0 Å². The molecule has 0 radical (unpaired) electrons. The highest BCUT2D eigenvalue weighted by molar-refractivity contribution is 7.14. The fourth-order valence-electron chi connectivity index (χ4n) is 8.81. The Bertz CT molecular complexity index is 3400. The van der Waals surface area contributed by atoms with Gasteiger partial charge in [-0.15, -0.1) is 22.7 Å². The predicted molar refractivity (Wildman–Crippen MR) is 305 cm³/mol. The van der Waals surface area contributed by atoms with Gasteiger partial charge in [0.2, 0.25) is 0 Å². The Morgan fingerprint density at radius 1 is 0.603 bits per heavy atom. The van der Waals surface area contributed by atoms with Gasteiger partial charge in [-0.2, -0.15) is 10.2 Å². The van der Waals surface area contributed by atoms with Gasteiger partial charge in [-0.25, -0.2) is 39.5 Å². The molecule has 78 heavy (non-hydrogen) atoms. The zero-order chi connectivity index (χ0) is 55.9. The van der Waals surface area contributed by atoms with Crippen LogP contribution in [0.25, 0.3) is 22.5 Å². The van der Waals surface area contributed by atoms with Crippen LogP contribution in [0.1, 0.15) is 152 Å². The van der Waals surface area contributed by atoms with Crippen molar-refractivity contribution in [2.45, 2.75) is 129 Å². The maximum absolute atomic E-state index is 13.0. The number of hydrogen-bond donors (Lipinski definition) is 5. The van der Waals surface area contributed by atoms with Crippen LogP contribution >= 0.6 is 22.7 Å². The fourth-order valence-corrected chi connectivity index (χ4v) is 10.5. The third kappa shape index (κ3) is 15.0. The van der Waals surface area contributed by atoms with Gasteiger partial charge >= 0.3 is 12.1 Å². The number of benzene rings is 2. The molecule has 2 aliphatic rings. The second-order valence-corrected chi connectivity index (χ2v) is 24.4. The lowest BCUT2D eigenvalue weighted by molar-refractivity contribution is 0.0498. The van der Waals surface area contributed by atoms with Crippen molar-refractivity contribution in [3.63, 3.8) is 0 Å². The molecule has 0 spiro atoms. The highest BCUT2D eigenvalue weighted by Crippen LogP contribution is 2.36. The lowest BCUT2D eigenvalue weighted by atomic mass is 9.86. The van der Waals surface area contributed by atoms with Crippen molar-refractivity contribution in [2.24, 2.45) is 14.1 Å². The molecule has 6 aromatic heterocycles. The van der Waals surface area contributed by atoms with Gasteiger partial charge in [0, 0.05) is 60.6 Å². The third-order valence-electron chi connectivity index (χ3n) is 12.5. The number of aromatic carboxylic acids is 1. The summed E-state index contributed by atoms with van der Waals surface area (Å²) in [6.07, 6.45) is 18.9. The summed E-state index contributed by atoms with van der Waals surface area (Å²) in [4.78, 5) is 62.8. The monoisotopic (exact) mass is 1090 g/mol. The first kappa shape index (κ1) is 56.3. The van der Waals surface area contributed by atoms with E-state index in [0.29, 0.717) is 21.4 Å². The second-order valence-electron chi connectivity index (χ2n) is 22.3. The van der Waals surface area contributed by atoms with Gasteiger partial charge in [-0.1, -0.05) is 65.8 Å². The minimum absolute atomic E-state index is 0.00584. The third-order valence-corrected chi connectivity index (χ3v) is 15.4. The van der Waals surface area contributed by atoms with Gasteiger partial charge in [0.15, 0.2) is 0 Å². The molecule has 2 aliphatic carbocycles. The van der Waals surface area contributed by atoms with Crippen LogP contribution in [-0.2, 0) is 42.5 Å². The summed E-state index contributed by atoms with van der Waals surface area (Å²) in [6, 6.07) is 16.5. The van der Waals surface area contributed by atoms with Crippen LogP contribution in [0.4, 0.5) is 27.8 Å². The van der Waals surface area contributed by atoms with E-state index < -0.39 is 11.6 Å². The lowest BCUT2D eigenvalue weighted by Gasteiger charge is -2.28. The Hall–Kier alpha value is -7.91.